The zero-order valence-corrected chi connectivity index (χ0v) is 17.2. The van der Waals surface area contributed by atoms with Gasteiger partial charge in [0.25, 0.3) is 0 Å². The number of halogens is 2. The number of hydrogen-bond donors (Lipinski definition) is 1. The number of carbonyl (C=O) groups excluding carboxylic acids is 2. The van der Waals surface area contributed by atoms with E-state index in [9.17, 15) is 18.4 Å². The Balaban J connectivity index is 1.62. The number of unbranched alkanes of at least 4 members (excludes halogenated alkanes) is 2. The zero-order valence-electron chi connectivity index (χ0n) is 17.2. The molecule has 1 aromatic carbocycles. The molecule has 3 rings (SSSR count). The van der Waals surface area contributed by atoms with Crippen LogP contribution in [0.15, 0.2) is 40.9 Å². The number of benzene rings is 1. The molecular formula is C23H28F2N2O3. The molecule has 5 nitrogen and oxygen atoms in total. The highest BCUT2D eigenvalue weighted by molar-refractivity contribution is 5.80. The van der Waals surface area contributed by atoms with Gasteiger partial charge in [-0.05, 0) is 12.8 Å². The van der Waals surface area contributed by atoms with E-state index < -0.39 is 30.7 Å². The Labute approximate surface area is 175 Å². The summed E-state index contributed by atoms with van der Waals surface area (Å²) >= 11 is 0. The van der Waals surface area contributed by atoms with Crippen LogP contribution in [0.25, 0.3) is 11.3 Å². The SMILES string of the molecule is CCC(=O)CCCCCC(NC(=O)C1CC(F)(F)C1)c1ncc(-c2ccccc2)o1. The summed E-state index contributed by atoms with van der Waals surface area (Å²) in [4.78, 5) is 28.2. The van der Waals surface area contributed by atoms with E-state index in [4.69, 9.17) is 4.42 Å². The number of rotatable bonds is 11. The number of nitrogens with one attached hydrogen (secondary N) is 1. The molecule has 1 atom stereocenters. The van der Waals surface area contributed by atoms with Crippen molar-refractivity contribution in [3.05, 3.63) is 42.4 Å². The van der Waals surface area contributed by atoms with Gasteiger partial charge in [-0.25, -0.2) is 13.8 Å². The maximum atomic E-state index is 13.1. The van der Waals surface area contributed by atoms with Crippen molar-refractivity contribution in [2.24, 2.45) is 5.92 Å². The Kier molecular flexibility index (Phi) is 7.34. The van der Waals surface area contributed by atoms with Gasteiger partial charge >= 0.3 is 0 Å². The summed E-state index contributed by atoms with van der Waals surface area (Å²) in [7, 11) is 0. The Bertz CT molecular complexity index is 843. The molecule has 1 heterocycles. The minimum Gasteiger partial charge on any atom is -0.438 e. The highest BCUT2D eigenvalue weighted by Gasteiger charge is 2.49. The smallest absolute Gasteiger partial charge is 0.249 e. The van der Waals surface area contributed by atoms with Gasteiger partial charge in [-0.2, -0.15) is 0 Å². The van der Waals surface area contributed by atoms with Crippen molar-refractivity contribution in [3.8, 4) is 11.3 Å². The molecule has 1 aliphatic carbocycles. The van der Waals surface area contributed by atoms with Gasteiger partial charge in [0.05, 0.1) is 6.20 Å². The maximum Gasteiger partial charge on any atom is 0.249 e. The lowest BCUT2D eigenvalue weighted by Gasteiger charge is -2.34. The molecule has 1 N–H and O–H groups in total. The lowest BCUT2D eigenvalue weighted by atomic mass is 9.80. The van der Waals surface area contributed by atoms with Crippen LogP contribution in [-0.4, -0.2) is 22.6 Å². The molecule has 1 amide bonds. The van der Waals surface area contributed by atoms with Gasteiger partial charge in [0.15, 0.2) is 5.76 Å². The molecule has 162 valence electrons. The maximum absolute atomic E-state index is 13.1. The van der Waals surface area contributed by atoms with Gasteiger partial charge in [0, 0.05) is 37.2 Å². The summed E-state index contributed by atoms with van der Waals surface area (Å²) in [5.74, 6) is -2.59. The Hall–Kier alpha value is -2.57. The fourth-order valence-electron chi connectivity index (χ4n) is 3.60. The summed E-state index contributed by atoms with van der Waals surface area (Å²) in [6, 6.07) is 9.02. The summed E-state index contributed by atoms with van der Waals surface area (Å²) in [6.07, 6.45) is 4.87. The number of amides is 1. The van der Waals surface area contributed by atoms with Crippen LogP contribution in [0, 0.1) is 5.92 Å². The van der Waals surface area contributed by atoms with Crippen molar-refractivity contribution in [1.29, 1.82) is 0 Å². The molecule has 0 saturated heterocycles. The van der Waals surface area contributed by atoms with Gasteiger partial charge in [-0.3, -0.25) is 9.59 Å². The molecule has 1 unspecified atom stereocenters. The van der Waals surface area contributed by atoms with E-state index in [-0.39, 0.29) is 11.7 Å². The second-order valence-corrected chi connectivity index (χ2v) is 7.94. The minimum atomic E-state index is -2.74. The Morgan fingerprint density at radius 1 is 1.20 bits per heavy atom. The van der Waals surface area contributed by atoms with Gasteiger partial charge in [-0.15, -0.1) is 0 Å². The number of oxazole rings is 1. The van der Waals surface area contributed by atoms with Crippen LogP contribution < -0.4 is 5.32 Å². The average Bonchev–Trinajstić information content (AvgIpc) is 3.21. The molecule has 1 aliphatic rings. The molecule has 7 heteroatoms. The third-order valence-electron chi connectivity index (χ3n) is 5.50. The molecule has 0 radical (unpaired) electrons. The number of carbonyl (C=O) groups is 2. The van der Waals surface area contributed by atoms with Crippen LogP contribution in [-0.2, 0) is 9.59 Å². The highest BCUT2D eigenvalue weighted by Crippen LogP contribution is 2.42. The molecule has 0 aliphatic heterocycles. The van der Waals surface area contributed by atoms with E-state index in [2.05, 4.69) is 10.3 Å². The number of Topliss-reactive ketones (excluding diaryl/α,β-unsaturated/α-hetero) is 1. The van der Waals surface area contributed by atoms with Crippen molar-refractivity contribution in [1.82, 2.24) is 10.3 Å². The number of nitrogens with zero attached hydrogens (tertiary/aromatic N) is 1. The average molecular weight is 418 g/mol. The zero-order chi connectivity index (χ0) is 21.6. The molecule has 1 saturated carbocycles. The largest absolute Gasteiger partial charge is 0.438 e. The van der Waals surface area contributed by atoms with Crippen molar-refractivity contribution in [2.45, 2.75) is 70.3 Å². The summed E-state index contributed by atoms with van der Waals surface area (Å²) in [5, 5.41) is 2.85. The third kappa shape index (κ3) is 5.97. The van der Waals surface area contributed by atoms with Crippen LogP contribution in [0.4, 0.5) is 8.78 Å². The first-order valence-corrected chi connectivity index (χ1v) is 10.6. The third-order valence-corrected chi connectivity index (χ3v) is 5.50. The standard InChI is InChI=1S/C23H28F2N2O3/c1-2-18(28)11-7-4-8-12-19(27-21(29)17-13-23(24,25)14-17)22-26-15-20(30-22)16-9-5-3-6-10-16/h3,5-6,9-10,15,17,19H,2,4,7-8,11-14H2,1H3,(H,27,29). The predicted molar refractivity (Wildman–Crippen MR) is 109 cm³/mol. The Morgan fingerprint density at radius 2 is 1.93 bits per heavy atom. The van der Waals surface area contributed by atoms with Crippen molar-refractivity contribution < 1.29 is 22.8 Å². The van der Waals surface area contributed by atoms with Crippen molar-refractivity contribution in [3.63, 3.8) is 0 Å². The quantitative estimate of drug-likeness (QED) is 0.491. The van der Waals surface area contributed by atoms with Gasteiger partial charge in [-0.1, -0.05) is 50.1 Å². The molecule has 1 aromatic heterocycles. The molecule has 1 fully saturated rings. The summed E-state index contributed by atoms with van der Waals surface area (Å²) in [5.41, 5.74) is 0.873. The van der Waals surface area contributed by atoms with E-state index in [1.807, 2.05) is 37.3 Å². The van der Waals surface area contributed by atoms with Crippen molar-refractivity contribution >= 4 is 11.7 Å². The molecule has 0 spiro atoms. The lowest BCUT2D eigenvalue weighted by molar-refractivity contribution is -0.151. The minimum absolute atomic E-state index is 0.242. The van der Waals surface area contributed by atoms with Crippen LogP contribution in [0.3, 0.4) is 0 Å². The van der Waals surface area contributed by atoms with Crippen molar-refractivity contribution in [2.75, 3.05) is 0 Å². The van der Waals surface area contributed by atoms with E-state index in [0.29, 0.717) is 30.9 Å². The second-order valence-electron chi connectivity index (χ2n) is 7.94. The summed E-state index contributed by atoms with van der Waals surface area (Å²) < 4.78 is 32.2. The number of aromatic nitrogens is 1. The molecular weight excluding hydrogens is 390 g/mol. The number of alkyl halides is 2. The topological polar surface area (TPSA) is 72.2 Å². The number of hydrogen-bond acceptors (Lipinski definition) is 4. The molecule has 2 aromatic rings. The van der Waals surface area contributed by atoms with Crippen LogP contribution in [0.5, 0.6) is 0 Å². The Morgan fingerprint density at radius 3 is 2.60 bits per heavy atom. The van der Waals surface area contributed by atoms with Gasteiger partial charge in [0.1, 0.15) is 11.8 Å². The van der Waals surface area contributed by atoms with E-state index in [1.54, 1.807) is 6.20 Å². The highest BCUT2D eigenvalue weighted by atomic mass is 19.3. The summed E-state index contributed by atoms with van der Waals surface area (Å²) in [6.45, 7) is 1.85. The van der Waals surface area contributed by atoms with E-state index >= 15 is 0 Å². The normalized spacial score (nSPS) is 16.6. The van der Waals surface area contributed by atoms with Crippen LogP contribution in [0.2, 0.25) is 0 Å². The van der Waals surface area contributed by atoms with E-state index in [0.717, 1.165) is 24.8 Å². The first kappa shape index (κ1) is 22.1. The molecule has 30 heavy (non-hydrogen) atoms. The van der Waals surface area contributed by atoms with Crippen LogP contribution >= 0.6 is 0 Å². The van der Waals surface area contributed by atoms with Gasteiger partial charge < -0.3 is 9.73 Å². The number of ketones is 1. The van der Waals surface area contributed by atoms with Crippen LogP contribution in [0.1, 0.15) is 70.2 Å². The van der Waals surface area contributed by atoms with Gasteiger partial charge in [0.2, 0.25) is 17.7 Å². The predicted octanol–water partition coefficient (Wildman–Crippen LogP) is 5.47. The molecule has 0 bridgehead atoms. The fraction of sp³-hybridized carbons (Fsp3) is 0.522. The van der Waals surface area contributed by atoms with E-state index in [1.165, 1.54) is 0 Å². The monoisotopic (exact) mass is 418 g/mol. The second kappa shape index (κ2) is 9.96. The first-order valence-electron chi connectivity index (χ1n) is 10.6. The fourth-order valence-corrected chi connectivity index (χ4v) is 3.60. The first-order chi connectivity index (χ1) is 14.4. The lowest BCUT2D eigenvalue weighted by Crippen LogP contribution is -2.45.